The molecule has 0 saturated carbocycles. The van der Waals surface area contributed by atoms with E-state index in [1.165, 1.54) is 16.8 Å². The normalized spacial score (nSPS) is 10.7. The first-order chi connectivity index (χ1) is 8.79. The molecule has 0 aromatic carbocycles. The monoisotopic (exact) mass is 274 g/mol. The van der Waals surface area contributed by atoms with Crippen LogP contribution in [0.1, 0.15) is 0 Å². The van der Waals surface area contributed by atoms with E-state index < -0.39 is 6.09 Å². The lowest BCUT2D eigenvalue weighted by molar-refractivity contribution is 0.0753. The van der Waals surface area contributed by atoms with Crippen LogP contribution in [0, 0.1) is 0 Å². The van der Waals surface area contributed by atoms with Crippen molar-refractivity contribution in [2.24, 2.45) is 10.7 Å². The largest absolute Gasteiger partial charge is 0.428 e. The van der Waals surface area contributed by atoms with Crippen LogP contribution in [0.15, 0.2) is 4.99 Å². The molecule has 3 N–H and O–H groups in total. The molecule has 0 aromatic rings. The van der Waals surface area contributed by atoms with Crippen molar-refractivity contribution in [2.75, 3.05) is 48.6 Å². The van der Waals surface area contributed by atoms with Gasteiger partial charge in [0.1, 0.15) is 0 Å². The highest BCUT2D eigenvalue weighted by molar-refractivity contribution is 5.79. The van der Waals surface area contributed by atoms with Gasteiger partial charge in [-0.15, -0.1) is 0 Å². The van der Waals surface area contributed by atoms with Gasteiger partial charge in [-0.05, 0) is 0 Å². The fourth-order valence-corrected chi connectivity index (χ4v) is 0.913. The molecule has 9 nitrogen and oxygen atoms in total. The third-order valence-corrected chi connectivity index (χ3v) is 2.18. The van der Waals surface area contributed by atoms with Gasteiger partial charge in [0.25, 0.3) is 0 Å². The summed E-state index contributed by atoms with van der Waals surface area (Å²) < 4.78 is 4.85. The van der Waals surface area contributed by atoms with Crippen molar-refractivity contribution in [3.05, 3.63) is 0 Å². The van der Waals surface area contributed by atoms with E-state index in [4.69, 9.17) is 10.5 Å². The second-order valence-corrected chi connectivity index (χ2v) is 4.05. The fourth-order valence-electron chi connectivity index (χ4n) is 0.913. The van der Waals surface area contributed by atoms with Gasteiger partial charge in [-0.1, -0.05) is 0 Å². The van der Waals surface area contributed by atoms with Crippen molar-refractivity contribution in [3.8, 4) is 0 Å². The van der Waals surface area contributed by atoms with Gasteiger partial charge in [0.05, 0.1) is 6.67 Å². The Balaban J connectivity index is 4.04. The van der Waals surface area contributed by atoms with Crippen molar-refractivity contribution in [1.82, 2.24) is 20.0 Å². The molecule has 9 heteroatoms. The first-order valence-electron chi connectivity index (χ1n) is 5.56. The zero-order valence-corrected chi connectivity index (χ0v) is 12.0. The number of nitrogens with zero attached hydrogens (tertiary/aromatic N) is 4. The summed E-state index contributed by atoms with van der Waals surface area (Å²) in [5.41, 5.74) is 5.55. The highest BCUT2D eigenvalue weighted by Gasteiger charge is 2.12. The van der Waals surface area contributed by atoms with Gasteiger partial charge in [0, 0.05) is 35.2 Å². The van der Waals surface area contributed by atoms with E-state index in [9.17, 15) is 9.59 Å². The van der Waals surface area contributed by atoms with Crippen molar-refractivity contribution in [1.29, 1.82) is 0 Å². The molecular weight excluding hydrogens is 252 g/mol. The Kier molecular flexibility index (Phi) is 7.08. The molecule has 0 spiro atoms. The molecule has 19 heavy (non-hydrogen) atoms. The van der Waals surface area contributed by atoms with E-state index in [1.807, 2.05) is 0 Å². The van der Waals surface area contributed by atoms with E-state index in [0.29, 0.717) is 5.96 Å². The molecule has 0 radical (unpaired) electrons. The van der Waals surface area contributed by atoms with Gasteiger partial charge in [0.15, 0.2) is 12.7 Å². The highest BCUT2D eigenvalue weighted by atomic mass is 16.6. The summed E-state index contributed by atoms with van der Waals surface area (Å²) in [5, 5.41) is 2.60. The summed E-state index contributed by atoms with van der Waals surface area (Å²) in [6.07, 6.45) is -0.515. The Hall–Kier alpha value is -2.19. The lowest BCUT2D eigenvalue weighted by Gasteiger charge is -2.22. The summed E-state index contributed by atoms with van der Waals surface area (Å²) in [5.74, 6) is 0.307. The van der Waals surface area contributed by atoms with E-state index in [2.05, 4.69) is 10.3 Å². The topological polar surface area (TPSA) is 103 Å². The van der Waals surface area contributed by atoms with E-state index >= 15 is 0 Å². The number of carbonyl (C=O) groups is 2. The van der Waals surface area contributed by atoms with Crippen LogP contribution in [0.5, 0.6) is 0 Å². The summed E-state index contributed by atoms with van der Waals surface area (Å²) >= 11 is 0. The van der Waals surface area contributed by atoms with Crippen LogP contribution in [-0.4, -0.2) is 81.4 Å². The van der Waals surface area contributed by atoms with Gasteiger partial charge in [-0.25, -0.2) is 9.59 Å². The summed E-state index contributed by atoms with van der Waals surface area (Å²) in [6.45, 7) is 0.0673. The lowest BCUT2D eigenvalue weighted by Crippen LogP contribution is -2.47. The number of urea groups is 1. The van der Waals surface area contributed by atoms with E-state index in [1.54, 1.807) is 33.1 Å². The molecular formula is C10H22N6O3. The second-order valence-electron chi connectivity index (χ2n) is 4.05. The number of nitrogens with one attached hydrogen (secondary N) is 1. The van der Waals surface area contributed by atoms with E-state index in [0.717, 1.165) is 0 Å². The Morgan fingerprint density at radius 2 is 1.79 bits per heavy atom. The number of ether oxygens (including phenoxy) is 1. The van der Waals surface area contributed by atoms with Crippen LogP contribution >= 0.6 is 0 Å². The van der Waals surface area contributed by atoms with Gasteiger partial charge < -0.3 is 25.6 Å². The van der Waals surface area contributed by atoms with Crippen molar-refractivity contribution in [2.45, 2.75) is 0 Å². The quantitative estimate of drug-likeness (QED) is 0.393. The maximum Gasteiger partial charge on any atom is 0.410 e. The summed E-state index contributed by atoms with van der Waals surface area (Å²) in [6, 6.07) is -0.387. The fraction of sp³-hybridized carbons (Fsp3) is 0.700. The first-order valence-corrected chi connectivity index (χ1v) is 5.56. The summed E-state index contributed by atoms with van der Waals surface area (Å²) in [7, 11) is 7.87. The lowest BCUT2D eigenvalue weighted by atomic mass is 10.7. The number of hydrogen-bond donors (Lipinski definition) is 2. The average Bonchev–Trinajstić information content (AvgIpc) is 2.39. The average molecular weight is 274 g/mol. The highest BCUT2D eigenvalue weighted by Crippen LogP contribution is 1.90. The SMILES string of the molecule is CN=C(N)N(C)CNC(=O)N(C)COC(=O)N(C)C. The molecule has 0 aliphatic carbocycles. The van der Waals surface area contributed by atoms with Gasteiger partial charge in [-0.2, -0.15) is 0 Å². The molecule has 0 bridgehead atoms. The molecule has 0 heterocycles. The second kappa shape index (κ2) is 8.01. The van der Waals surface area contributed by atoms with Gasteiger partial charge in [0.2, 0.25) is 0 Å². The molecule has 0 rings (SSSR count). The molecule has 0 aliphatic rings. The maximum atomic E-state index is 11.6. The molecule has 0 atom stereocenters. The zero-order valence-electron chi connectivity index (χ0n) is 12.0. The molecule has 0 aliphatic heterocycles. The minimum atomic E-state index is -0.515. The Bertz CT molecular complexity index is 344. The Morgan fingerprint density at radius 3 is 2.26 bits per heavy atom. The standard InChI is InChI=1S/C10H22N6O3/c1-12-8(11)15(4)6-13-9(17)16(5)7-19-10(18)14(2)3/h6-7H2,1-5H3,(H2,11,12)(H,13,17). The number of hydrogen-bond acceptors (Lipinski definition) is 4. The smallest absolute Gasteiger partial charge is 0.410 e. The van der Waals surface area contributed by atoms with Crippen molar-refractivity contribution >= 4 is 18.1 Å². The predicted octanol–water partition coefficient (Wildman–Crippen LogP) is -0.883. The van der Waals surface area contributed by atoms with Crippen LogP contribution in [0.25, 0.3) is 0 Å². The molecule has 0 aromatic heterocycles. The first kappa shape index (κ1) is 16.8. The Morgan fingerprint density at radius 1 is 1.21 bits per heavy atom. The van der Waals surface area contributed by atoms with Crippen LogP contribution in [0.3, 0.4) is 0 Å². The zero-order chi connectivity index (χ0) is 15.0. The minimum Gasteiger partial charge on any atom is -0.428 e. The Labute approximate surface area is 113 Å². The van der Waals surface area contributed by atoms with Crippen LogP contribution in [0.4, 0.5) is 9.59 Å². The summed E-state index contributed by atoms with van der Waals surface area (Å²) in [4.78, 5) is 30.7. The number of aliphatic imine (C=N–C) groups is 1. The molecule has 0 unspecified atom stereocenters. The molecule has 3 amide bonds. The van der Waals surface area contributed by atoms with Crippen molar-refractivity contribution in [3.63, 3.8) is 0 Å². The number of amides is 3. The van der Waals surface area contributed by atoms with E-state index in [-0.39, 0.29) is 19.4 Å². The van der Waals surface area contributed by atoms with Crippen LogP contribution < -0.4 is 11.1 Å². The predicted molar refractivity (Wildman–Crippen MR) is 71.5 cm³/mol. The number of rotatable bonds is 4. The molecule has 0 saturated heterocycles. The van der Waals surface area contributed by atoms with Crippen LogP contribution in [0.2, 0.25) is 0 Å². The van der Waals surface area contributed by atoms with Gasteiger partial charge in [-0.3, -0.25) is 9.89 Å². The van der Waals surface area contributed by atoms with Crippen LogP contribution in [-0.2, 0) is 4.74 Å². The third-order valence-electron chi connectivity index (χ3n) is 2.18. The molecule has 110 valence electrons. The third kappa shape index (κ3) is 6.34. The minimum absolute atomic E-state index is 0.135. The number of nitrogens with two attached hydrogens (primary N) is 1. The molecule has 0 fully saturated rings. The number of guanidine groups is 1. The maximum absolute atomic E-state index is 11.6. The van der Waals surface area contributed by atoms with Gasteiger partial charge >= 0.3 is 12.1 Å². The van der Waals surface area contributed by atoms with Crippen molar-refractivity contribution < 1.29 is 14.3 Å². The number of carbonyl (C=O) groups excluding carboxylic acids is 2.